The third-order valence-corrected chi connectivity index (χ3v) is 2.84. The summed E-state index contributed by atoms with van der Waals surface area (Å²) in [5.41, 5.74) is -0.469. The first-order valence-corrected chi connectivity index (χ1v) is 6.10. The summed E-state index contributed by atoms with van der Waals surface area (Å²) in [5.74, 6) is -0.0481. The van der Waals surface area contributed by atoms with Gasteiger partial charge in [0.1, 0.15) is 24.3 Å². The highest BCUT2D eigenvalue weighted by molar-refractivity contribution is 5.27. The first-order chi connectivity index (χ1) is 9.86. The topological polar surface area (TPSA) is 29.5 Å². The molecule has 2 rings (SSSR count). The molecule has 0 saturated heterocycles. The monoisotopic (exact) mass is 300 g/mol. The number of hydrogen-bond donors (Lipinski definition) is 1. The minimum absolute atomic E-state index is 0.142. The summed E-state index contributed by atoms with van der Waals surface area (Å²) in [6.45, 7) is -0.142. The van der Waals surface area contributed by atoms with Gasteiger partial charge in [-0.25, -0.2) is 4.39 Å². The molecule has 0 saturated carbocycles. The van der Waals surface area contributed by atoms with Gasteiger partial charge in [0.2, 0.25) is 0 Å². The highest BCUT2D eigenvalue weighted by Crippen LogP contribution is 2.30. The Balaban J connectivity index is 1.97. The Morgan fingerprint density at radius 3 is 2.05 bits per heavy atom. The van der Waals surface area contributed by atoms with Crippen molar-refractivity contribution in [1.82, 2.24) is 0 Å². The van der Waals surface area contributed by atoms with Crippen LogP contribution in [0, 0.1) is 5.82 Å². The van der Waals surface area contributed by atoms with E-state index in [9.17, 15) is 22.7 Å². The van der Waals surface area contributed by atoms with Crippen LogP contribution in [-0.4, -0.2) is 11.7 Å². The highest BCUT2D eigenvalue weighted by atomic mass is 19.4. The Hall–Kier alpha value is -2.08. The lowest BCUT2D eigenvalue weighted by Gasteiger charge is -2.14. The second-order valence-corrected chi connectivity index (χ2v) is 4.40. The number of alkyl halides is 3. The minimum atomic E-state index is -4.41. The van der Waals surface area contributed by atoms with Crippen LogP contribution < -0.4 is 4.74 Å². The van der Waals surface area contributed by atoms with Crippen LogP contribution in [-0.2, 0) is 6.18 Å². The zero-order chi connectivity index (χ0) is 15.5. The highest BCUT2D eigenvalue weighted by Gasteiger charge is 2.30. The van der Waals surface area contributed by atoms with Crippen molar-refractivity contribution >= 4 is 0 Å². The van der Waals surface area contributed by atoms with E-state index in [0.29, 0.717) is 11.3 Å². The Morgan fingerprint density at radius 2 is 1.52 bits per heavy atom. The Labute approximate surface area is 118 Å². The molecule has 0 amide bonds. The summed E-state index contributed by atoms with van der Waals surface area (Å²) < 4.78 is 55.1. The number of aliphatic hydroxyl groups is 1. The van der Waals surface area contributed by atoms with E-state index in [-0.39, 0.29) is 6.61 Å². The van der Waals surface area contributed by atoms with E-state index in [1.807, 2.05) is 0 Å². The van der Waals surface area contributed by atoms with Gasteiger partial charge in [0.25, 0.3) is 0 Å². The summed E-state index contributed by atoms with van der Waals surface area (Å²) in [6.07, 6.45) is -5.48. The van der Waals surface area contributed by atoms with Crippen molar-refractivity contribution < 1.29 is 27.4 Å². The Kier molecular flexibility index (Phi) is 4.47. The molecule has 1 unspecified atom stereocenters. The van der Waals surface area contributed by atoms with Crippen LogP contribution in [0.4, 0.5) is 17.6 Å². The van der Waals surface area contributed by atoms with E-state index >= 15 is 0 Å². The first kappa shape index (κ1) is 15.3. The number of ether oxygens (including phenoxy) is 1. The molecule has 1 N–H and O–H groups in total. The molecular weight excluding hydrogens is 288 g/mol. The molecule has 0 radical (unpaired) electrons. The number of halogens is 4. The molecule has 2 aromatic rings. The van der Waals surface area contributed by atoms with Gasteiger partial charge in [-0.3, -0.25) is 0 Å². The molecule has 0 fully saturated rings. The predicted octanol–water partition coefficient (Wildman–Crippen LogP) is 3.96. The number of aliphatic hydroxyl groups excluding tert-OH is 1. The third-order valence-electron chi connectivity index (χ3n) is 2.84. The third kappa shape index (κ3) is 4.19. The summed E-state index contributed by atoms with van der Waals surface area (Å²) in [7, 11) is 0. The molecule has 0 bridgehead atoms. The maximum atomic E-state index is 12.7. The van der Waals surface area contributed by atoms with Crippen LogP contribution in [0.2, 0.25) is 0 Å². The lowest BCUT2D eigenvalue weighted by atomic mass is 10.1. The van der Waals surface area contributed by atoms with Gasteiger partial charge in [0.15, 0.2) is 0 Å². The molecule has 0 aromatic heterocycles. The lowest BCUT2D eigenvalue weighted by molar-refractivity contribution is -0.137. The van der Waals surface area contributed by atoms with E-state index in [0.717, 1.165) is 12.1 Å². The normalized spacial score (nSPS) is 13.0. The van der Waals surface area contributed by atoms with Gasteiger partial charge in [-0.15, -0.1) is 0 Å². The van der Waals surface area contributed by atoms with Gasteiger partial charge in [-0.05, 0) is 42.0 Å². The quantitative estimate of drug-likeness (QED) is 0.866. The molecule has 112 valence electrons. The van der Waals surface area contributed by atoms with E-state index in [1.54, 1.807) is 0 Å². The summed E-state index contributed by atoms with van der Waals surface area (Å²) in [6, 6.07) is 9.40. The standard InChI is InChI=1S/C15H12F4O2/c16-12-5-7-13(8-6-12)21-9-14(20)10-1-3-11(4-2-10)15(17,18)19/h1-8,14,20H,9H2. The second-order valence-electron chi connectivity index (χ2n) is 4.40. The van der Waals surface area contributed by atoms with Crippen LogP contribution in [0.15, 0.2) is 48.5 Å². The van der Waals surface area contributed by atoms with Crippen molar-refractivity contribution in [2.24, 2.45) is 0 Å². The van der Waals surface area contributed by atoms with Crippen molar-refractivity contribution in [1.29, 1.82) is 0 Å². The van der Waals surface area contributed by atoms with Crippen molar-refractivity contribution in [3.05, 3.63) is 65.5 Å². The van der Waals surface area contributed by atoms with Gasteiger partial charge >= 0.3 is 6.18 Å². The maximum absolute atomic E-state index is 12.7. The second kappa shape index (κ2) is 6.13. The number of benzene rings is 2. The fourth-order valence-electron chi connectivity index (χ4n) is 1.70. The van der Waals surface area contributed by atoms with E-state index in [4.69, 9.17) is 4.74 Å². The fourth-order valence-corrected chi connectivity index (χ4v) is 1.70. The average molecular weight is 300 g/mol. The molecule has 2 nitrogen and oxygen atoms in total. The van der Waals surface area contributed by atoms with Crippen LogP contribution in [0.5, 0.6) is 5.75 Å². The van der Waals surface area contributed by atoms with Gasteiger partial charge in [0.05, 0.1) is 5.56 Å². The lowest BCUT2D eigenvalue weighted by Crippen LogP contribution is -2.10. The zero-order valence-electron chi connectivity index (χ0n) is 10.8. The van der Waals surface area contributed by atoms with Crippen molar-refractivity contribution in [2.75, 3.05) is 6.61 Å². The van der Waals surface area contributed by atoms with Crippen LogP contribution in [0.3, 0.4) is 0 Å². The Bertz CT molecular complexity index is 576. The van der Waals surface area contributed by atoms with E-state index in [2.05, 4.69) is 0 Å². The molecule has 0 heterocycles. The zero-order valence-corrected chi connectivity index (χ0v) is 10.8. The maximum Gasteiger partial charge on any atom is 0.416 e. The van der Waals surface area contributed by atoms with Crippen molar-refractivity contribution in [3.63, 3.8) is 0 Å². The van der Waals surface area contributed by atoms with Gasteiger partial charge in [-0.2, -0.15) is 13.2 Å². The largest absolute Gasteiger partial charge is 0.491 e. The van der Waals surface area contributed by atoms with Crippen molar-refractivity contribution in [3.8, 4) is 5.75 Å². The molecule has 0 aliphatic rings. The number of hydrogen-bond acceptors (Lipinski definition) is 2. The molecule has 1 atom stereocenters. The van der Waals surface area contributed by atoms with E-state index < -0.39 is 23.7 Å². The van der Waals surface area contributed by atoms with Gasteiger partial charge < -0.3 is 9.84 Å². The SMILES string of the molecule is OC(COc1ccc(F)cc1)c1ccc(C(F)(F)F)cc1. The Morgan fingerprint density at radius 1 is 0.952 bits per heavy atom. The summed E-state index contributed by atoms with van der Waals surface area (Å²) in [4.78, 5) is 0. The fraction of sp³-hybridized carbons (Fsp3) is 0.200. The predicted molar refractivity (Wildman–Crippen MR) is 68.3 cm³/mol. The van der Waals surface area contributed by atoms with Crippen molar-refractivity contribution in [2.45, 2.75) is 12.3 Å². The minimum Gasteiger partial charge on any atom is -0.491 e. The molecular formula is C15H12F4O2. The smallest absolute Gasteiger partial charge is 0.416 e. The summed E-state index contributed by atoms with van der Waals surface area (Å²) >= 11 is 0. The molecule has 0 aliphatic heterocycles. The molecule has 6 heteroatoms. The number of rotatable bonds is 4. The molecule has 2 aromatic carbocycles. The average Bonchev–Trinajstić information content (AvgIpc) is 2.45. The van der Waals surface area contributed by atoms with Crippen LogP contribution in [0.1, 0.15) is 17.2 Å². The molecule has 0 spiro atoms. The molecule has 21 heavy (non-hydrogen) atoms. The first-order valence-electron chi connectivity index (χ1n) is 6.10. The van der Waals surface area contributed by atoms with Crippen LogP contribution in [0.25, 0.3) is 0 Å². The van der Waals surface area contributed by atoms with Gasteiger partial charge in [0, 0.05) is 0 Å². The molecule has 0 aliphatic carbocycles. The van der Waals surface area contributed by atoms with E-state index in [1.165, 1.54) is 36.4 Å². The van der Waals surface area contributed by atoms with Gasteiger partial charge in [-0.1, -0.05) is 12.1 Å². The summed E-state index contributed by atoms with van der Waals surface area (Å²) in [5, 5.41) is 9.85. The van der Waals surface area contributed by atoms with Crippen LogP contribution >= 0.6 is 0 Å².